The van der Waals surface area contributed by atoms with Crippen LogP contribution in [0.3, 0.4) is 0 Å². The summed E-state index contributed by atoms with van der Waals surface area (Å²) in [5.74, 6) is -0.339. The molecular weight excluding hydrogens is 464 g/mol. The maximum Gasteiger partial charge on any atom is 0.340 e. The van der Waals surface area contributed by atoms with E-state index in [2.05, 4.69) is 13.8 Å². The molecule has 1 amide bonds. The number of hydrogen-bond donors (Lipinski definition) is 0. The average Bonchev–Trinajstić information content (AvgIpc) is 2.77. The van der Waals surface area contributed by atoms with Crippen LogP contribution in [0.1, 0.15) is 36.2 Å². The van der Waals surface area contributed by atoms with Gasteiger partial charge >= 0.3 is 5.97 Å². The van der Waals surface area contributed by atoms with Gasteiger partial charge in [-0.25, -0.2) is 13.2 Å². The van der Waals surface area contributed by atoms with Gasteiger partial charge in [-0.1, -0.05) is 55.8 Å². The highest BCUT2D eigenvalue weighted by molar-refractivity contribution is 7.89. The van der Waals surface area contributed by atoms with Crippen molar-refractivity contribution in [2.45, 2.75) is 31.7 Å². The summed E-state index contributed by atoms with van der Waals surface area (Å²) < 4.78 is 32.4. The van der Waals surface area contributed by atoms with E-state index in [0.717, 1.165) is 12.0 Å². The first-order valence-corrected chi connectivity index (χ1v) is 12.6. The summed E-state index contributed by atoms with van der Waals surface area (Å²) in [6, 6.07) is 13.1. The number of amides is 1. The third kappa shape index (κ3) is 6.34. The Morgan fingerprint density at radius 1 is 1.09 bits per heavy atom. The molecule has 0 aliphatic carbocycles. The van der Waals surface area contributed by atoms with Crippen LogP contribution in [-0.2, 0) is 26.1 Å². The lowest BCUT2D eigenvalue weighted by Gasteiger charge is -2.34. The van der Waals surface area contributed by atoms with E-state index in [4.69, 9.17) is 16.3 Å². The minimum atomic E-state index is -3.88. The molecule has 1 saturated heterocycles. The Morgan fingerprint density at radius 3 is 2.36 bits per heavy atom. The SMILES string of the molecule is CC1CC(C)CN(C(=O)COC(=O)c2cc(S(=O)(=O)N(C)Cc3ccccc3)ccc2Cl)C1. The Balaban J connectivity index is 1.70. The van der Waals surface area contributed by atoms with E-state index in [0.29, 0.717) is 24.9 Å². The van der Waals surface area contributed by atoms with Crippen LogP contribution in [-0.4, -0.2) is 56.2 Å². The number of likely N-dealkylation sites (tertiary alicyclic amines) is 1. The molecule has 3 rings (SSSR count). The Morgan fingerprint density at radius 2 is 1.73 bits per heavy atom. The van der Waals surface area contributed by atoms with Gasteiger partial charge in [-0.2, -0.15) is 4.31 Å². The molecule has 1 heterocycles. The Labute approximate surface area is 200 Å². The number of esters is 1. The standard InChI is InChI=1S/C24H29ClN2O5S/c1-17-11-18(2)14-27(13-17)23(28)16-32-24(29)21-12-20(9-10-22(21)25)33(30,31)26(3)15-19-7-5-4-6-8-19/h4-10,12,17-18H,11,13-16H2,1-3H3. The van der Waals surface area contributed by atoms with Crippen molar-refractivity contribution < 1.29 is 22.7 Å². The fourth-order valence-corrected chi connectivity index (χ4v) is 5.47. The molecule has 1 aliphatic heterocycles. The molecule has 1 fully saturated rings. The van der Waals surface area contributed by atoms with Crippen LogP contribution in [0.15, 0.2) is 53.4 Å². The summed E-state index contributed by atoms with van der Waals surface area (Å²) in [4.78, 5) is 26.8. The van der Waals surface area contributed by atoms with Crippen molar-refractivity contribution in [1.82, 2.24) is 9.21 Å². The maximum absolute atomic E-state index is 13.0. The Bertz CT molecular complexity index is 1100. The van der Waals surface area contributed by atoms with E-state index >= 15 is 0 Å². The first-order chi connectivity index (χ1) is 15.6. The number of nitrogens with zero attached hydrogens (tertiary/aromatic N) is 2. The molecule has 0 N–H and O–H groups in total. The number of carbonyl (C=O) groups is 2. The number of sulfonamides is 1. The number of benzene rings is 2. The molecule has 2 atom stereocenters. The number of rotatable bonds is 7. The number of halogens is 1. The number of ether oxygens (including phenoxy) is 1. The molecule has 0 spiro atoms. The average molecular weight is 493 g/mol. The van der Waals surface area contributed by atoms with Crippen molar-refractivity contribution in [3.05, 3.63) is 64.7 Å². The zero-order chi connectivity index (χ0) is 24.2. The van der Waals surface area contributed by atoms with Crippen LogP contribution in [0.2, 0.25) is 5.02 Å². The molecule has 2 aromatic carbocycles. The quantitative estimate of drug-likeness (QED) is 0.548. The van der Waals surface area contributed by atoms with E-state index in [1.54, 1.807) is 4.90 Å². The van der Waals surface area contributed by atoms with Gasteiger partial charge in [0.1, 0.15) is 0 Å². The molecule has 0 bridgehead atoms. The fraction of sp³-hybridized carbons (Fsp3) is 0.417. The number of hydrogen-bond acceptors (Lipinski definition) is 5. The molecule has 2 unspecified atom stereocenters. The highest BCUT2D eigenvalue weighted by Gasteiger charge is 2.27. The normalized spacial score (nSPS) is 18.9. The lowest BCUT2D eigenvalue weighted by molar-refractivity contribution is -0.137. The summed E-state index contributed by atoms with van der Waals surface area (Å²) in [6.07, 6.45) is 1.05. The van der Waals surface area contributed by atoms with Crippen LogP contribution in [0.5, 0.6) is 0 Å². The summed E-state index contributed by atoms with van der Waals surface area (Å²) in [7, 11) is -2.41. The minimum Gasteiger partial charge on any atom is -0.452 e. The van der Waals surface area contributed by atoms with Crippen molar-refractivity contribution in [2.24, 2.45) is 11.8 Å². The third-order valence-electron chi connectivity index (χ3n) is 5.66. The smallest absolute Gasteiger partial charge is 0.340 e. The molecule has 33 heavy (non-hydrogen) atoms. The van der Waals surface area contributed by atoms with Crippen molar-refractivity contribution in [2.75, 3.05) is 26.7 Å². The highest BCUT2D eigenvalue weighted by atomic mass is 35.5. The monoisotopic (exact) mass is 492 g/mol. The largest absolute Gasteiger partial charge is 0.452 e. The predicted molar refractivity (Wildman–Crippen MR) is 126 cm³/mol. The minimum absolute atomic E-state index is 0.0531. The van der Waals surface area contributed by atoms with Gasteiger partial charge in [-0.15, -0.1) is 0 Å². The van der Waals surface area contributed by atoms with Gasteiger partial charge in [-0.05, 0) is 42.0 Å². The number of piperidine rings is 1. The van der Waals surface area contributed by atoms with Crippen molar-refractivity contribution >= 4 is 33.5 Å². The van der Waals surface area contributed by atoms with Crippen LogP contribution in [0, 0.1) is 11.8 Å². The van der Waals surface area contributed by atoms with Gasteiger partial charge in [0.2, 0.25) is 10.0 Å². The van der Waals surface area contributed by atoms with Crippen molar-refractivity contribution in [3.8, 4) is 0 Å². The molecule has 0 aromatic heterocycles. The lowest BCUT2D eigenvalue weighted by Crippen LogP contribution is -2.44. The second-order valence-corrected chi connectivity index (χ2v) is 11.2. The topological polar surface area (TPSA) is 84.0 Å². The number of carbonyl (C=O) groups excluding carboxylic acids is 2. The van der Waals surface area contributed by atoms with E-state index in [-0.39, 0.29) is 27.9 Å². The van der Waals surface area contributed by atoms with Crippen LogP contribution < -0.4 is 0 Å². The fourth-order valence-electron chi connectivity index (χ4n) is 4.09. The molecule has 2 aromatic rings. The van der Waals surface area contributed by atoms with E-state index in [1.807, 2.05) is 30.3 Å². The van der Waals surface area contributed by atoms with E-state index in [1.165, 1.54) is 29.6 Å². The first-order valence-electron chi connectivity index (χ1n) is 10.8. The molecule has 7 nitrogen and oxygen atoms in total. The van der Waals surface area contributed by atoms with Crippen LogP contribution >= 0.6 is 11.6 Å². The zero-order valence-corrected chi connectivity index (χ0v) is 20.6. The highest BCUT2D eigenvalue weighted by Crippen LogP contribution is 2.25. The van der Waals surface area contributed by atoms with Gasteiger partial charge in [0, 0.05) is 26.7 Å². The van der Waals surface area contributed by atoms with Crippen molar-refractivity contribution in [3.63, 3.8) is 0 Å². The summed E-state index contributed by atoms with van der Waals surface area (Å²) in [5.41, 5.74) is 0.732. The molecule has 9 heteroatoms. The molecule has 0 radical (unpaired) electrons. The summed E-state index contributed by atoms with van der Waals surface area (Å²) in [6.45, 7) is 5.18. The lowest BCUT2D eigenvalue weighted by atomic mass is 9.92. The second-order valence-electron chi connectivity index (χ2n) is 8.71. The molecule has 1 aliphatic rings. The van der Waals surface area contributed by atoms with Crippen molar-refractivity contribution in [1.29, 1.82) is 0 Å². The maximum atomic E-state index is 13.0. The van der Waals surface area contributed by atoms with Gasteiger partial charge in [0.25, 0.3) is 5.91 Å². The van der Waals surface area contributed by atoms with Gasteiger partial charge < -0.3 is 9.64 Å². The van der Waals surface area contributed by atoms with Gasteiger partial charge in [-0.3, -0.25) is 4.79 Å². The molecular formula is C24H29ClN2O5S. The first kappa shape index (κ1) is 25.2. The van der Waals surface area contributed by atoms with Crippen LogP contribution in [0.4, 0.5) is 0 Å². The van der Waals surface area contributed by atoms with E-state index in [9.17, 15) is 18.0 Å². The van der Waals surface area contributed by atoms with Gasteiger partial charge in [0.15, 0.2) is 6.61 Å². The molecule has 0 saturated carbocycles. The van der Waals surface area contributed by atoms with Gasteiger partial charge in [0.05, 0.1) is 15.5 Å². The summed E-state index contributed by atoms with van der Waals surface area (Å²) in [5, 5.41) is 0.0531. The Hall–Kier alpha value is -2.42. The van der Waals surface area contributed by atoms with Crippen LogP contribution in [0.25, 0.3) is 0 Å². The van der Waals surface area contributed by atoms with E-state index < -0.39 is 22.6 Å². The zero-order valence-electron chi connectivity index (χ0n) is 19.0. The third-order valence-corrected chi connectivity index (χ3v) is 7.79. The predicted octanol–water partition coefficient (Wildman–Crippen LogP) is 3.82. The summed E-state index contributed by atoms with van der Waals surface area (Å²) >= 11 is 6.15. The Kier molecular flexibility index (Phi) is 8.15. The molecule has 178 valence electrons. The second kappa shape index (κ2) is 10.7.